The Kier molecular flexibility index (Phi) is 9.75. The summed E-state index contributed by atoms with van der Waals surface area (Å²) in [5.41, 5.74) is 2.51. The van der Waals surface area contributed by atoms with E-state index in [4.69, 9.17) is 20.0 Å². The van der Waals surface area contributed by atoms with Crippen molar-refractivity contribution < 1.29 is 33.8 Å². The minimum absolute atomic E-state index is 0.0578. The number of nitrogens with zero attached hydrogens (tertiary/aromatic N) is 1. The lowest BCUT2D eigenvalue weighted by Gasteiger charge is -2.26. The molecule has 2 aromatic carbocycles. The van der Waals surface area contributed by atoms with Crippen LogP contribution in [-0.2, 0) is 21.5 Å². The van der Waals surface area contributed by atoms with E-state index in [1.54, 1.807) is 29.2 Å². The van der Waals surface area contributed by atoms with Crippen molar-refractivity contribution in [3.63, 3.8) is 0 Å². The molecule has 4 N–H and O–H groups in total. The van der Waals surface area contributed by atoms with Gasteiger partial charge in [0.2, 0.25) is 5.91 Å². The standard InChI is InChI=1S/C30H38N4O7/c1-7-40-25-13-19-15-34(28(31)20(19)14-21(25)29(39)32-6)16-24(36)18-11-22(30(3,4)5)27(23(12-18)33-17(2)35)41-10-8-9-26(37)38/h11-14,31H,7-10,15-16H2,1-6H3,(H,32,39)(H,33,35)(H,37,38). The summed E-state index contributed by atoms with van der Waals surface area (Å²) in [7, 11) is 1.52. The Hall–Kier alpha value is -4.41. The average Bonchev–Trinajstić information content (AvgIpc) is 3.18. The highest BCUT2D eigenvalue weighted by Crippen LogP contribution is 2.39. The highest BCUT2D eigenvalue weighted by molar-refractivity contribution is 6.08. The molecule has 2 aromatic rings. The van der Waals surface area contributed by atoms with Crippen molar-refractivity contribution in [1.82, 2.24) is 10.2 Å². The van der Waals surface area contributed by atoms with E-state index >= 15 is 0 Å². The Morgan fingerprint density at radius 3 is 2.39 bits per heavy atom. The molecule has 1 aliphatic heterocycles. The maximum Gasteiger partial charge on any atom is 0.303 e. The Morgan fingerprint density at radius 1 is 1.10 bits per heavy atom. The number of rotatable bonds is 12. The van der Waals surface area contributed by atoms with E-state index in [-0.39, 0.29) is 49.4 Å². The molecule has 1 aliphatic rings. The second-order valence-corrected chi connectivity index (χ2v) is 10.8. The Balaban J connectivity index is 1.93. The van der Waals surface area contributed by atoms with Crippen molar-refractivity contribution >= 4 is 35.1 Å². The van der Waals surface area contributed by atoms with E-state index in [1.807, 2.05) is 27.7 Å². The topological polar surface area (TPSA) is 158 Å². The van der Waals surface area contributed by atoms with Gasteiger partial charge in [-0.2, -0.15) is 0 Å². The molecule has 0 spiro atoms. The van der Waals surface area contributed by atoms with E-state index < -0.39 is 11.4 Å². The molecule has 0 aromatic heterocycles. The van der Waals surface area contributed by atoms with Crippen molar-refractivity contribution in [3.05, 3.63) is 52.1 Å². The van der Waals surface area contributed by atoms with Crippen LogP contribution in [0.25, 0.3) is 0 Å². The zero-order chi connectivity index (χ0) is 30.5. The fourth-order valence-electron chi connectivity index (χ4n) is 4.60. The smallest absolute Gasteiger partial charge is 0.303 e. The van der Waals surface area contributed by atoms with Crippen LogP contribution in [0.15, 0.2) is 24.3 Å². The number of amides is 2. The van der Waals surface area contributed by atoms with Crippen LogP contribution in [0.5, 0.6) is 11.5 Å². The molecule has 2 amide bonds. The molecule has 0 saturated carbocycles. The minimum Gasteiger partial charge on any atom is -0.493 e. The maximum absolute atomic E-state index is 13.6. The van der Waals surface area contributed by atoms with E-state index in [1.165, 1.54) is 14.0 Å². The van der Waals surface area contributed by atoms with E-state index in [9.17, 15) is 19.2 Å². The van der Waals surface area contributed by atoms with Gasteiger partial charge in [0, 0.05) is 43.6 Å². The summed E-state index contributed by atoms with van der Waals surface area (Å²) in [4.78, 5) is 50.6. The van der Waals surface area contributed by atoms with Crippen molar-refractivity contribution in [3.8, 4) is 11.5 Å². The first-order chi connectivity index (χ1) is 19.3. The highest BCUT2D eigenvalue weighted by Gasteiger charge is 2.31. The van der Waals surface area contributed by atoms with Gasteiger partial charge in [-0.1, -0.05) is 20.8 Å². The van der Waals surface area contributed by atoms with Crippen LogP contribution in [-0.4, -0.2) is 66.2 Å². The number of carbonyl (C=O) groups excluding carboxylic acids is 3. The number of anilines is 1. The summed E-state index contributed by atoms with van der Waals surface area (Å²) in [6.45, 7) is 9.71. The van der Waals surface area contributed by atoms with Gasteiger partial charge in [-0.05, 0) is 48.6 Å². The van der Waals surface area contributed by atoms with Crippen molar-refractivity contribution in [2.24, 2.45) is 0 Å². The molecule has 41 heavy (non-hydrogen) atoms. The predicted octanol–water partition coefficient (Wildman–Crippen LogP) is 3.97. The molecule has 0 aliphatic carbocycles. The van der Waals surface area contributed by atoms with Crippen LogP contribution in [0.2, 0.25) is 0 Å². The normalized spacial score (nSPS) is 12.5. The molecule has 0 fully saturated rings. The predicted molar refractivity (Wildman–Crippen MR) is 154 cm³/mol. The molecule has 0 saturated heterocycles. The number of Topliss-reactive ketones (excluding diaryl/α,β-unsaturated/α-hetero) is 1. The third-order valence-electron chi connectivity index (χ3n) is 6.55. The van der Waals surface area contributed by atoms with Gasteiger partial charge in [0.25, 0.3) is 5.91 Å². The lowest BCUT2D eigenvalue weighted by atomic mass is 9.84. The summed E-state index contributed by atoms with van der Waals surface area (Å²) in [6, 6.07) is 6.64. The number of hydrogen-bond acceptors (Lipinski definition) is 7. The number of benzene rings is 2. The van der Waals surface area contributed by atoms with Crippen molar-refractivity contribution in [1.29, 1.82) is 5.41 Å². The first kappa shape index (κ1) is 31.1. The number of ketones is 1. The fraction of sp³-hybridized carbons (Fsp3) is 0.433. The quantitative estimate of drug-likeness (QED) is 0.222. The Bertz CT molecular complexity index is 1380. The van der Waals surface area contributed by atoms with Crippen LogP contribution in [0.1, 0.15) is 84.9 Å². The number of amidine groups is 1. The number of hydrogen-bond donors (Lipinski definition) is 4. The van der Waals surface area contributed by atoms with Crippen LogP contribution in [0, 0.1) is 5.41 Å². The van der Waals surface area contributed by atoms with Gasteiger partial charge in [0.05, 0.1) is 31.0 Å². The van der Waals surface area contributed by atoms with Gasteiger partial charge >= 0.3 is 5.97 Å². The Labute approximate surface area is 239 Å². The summed E-state index contributed by atoms with van der Waals surface area (Å²) >= 11 is 0. The van der Waals surface area contributed by atoms with Crippen LogP contribution >= 0.6 is 0 Å². The summed E-state index contributed by atoms with van der Waals surface area (Å²) < 4.78 is 11.6. The second-order valence-electron chi connectivity index (χ2n) is 10.8. The monoisotopic (exact) mass is 566 g/mol. The van der Waals surface area contributed by atoms with E-state index in [2.05, 4.69) is 10.6 Å². The molecule has 220 valence electrons. The zero-order valence-electron chi connectivity index (χ0n) is 24.4. The molecule has 0 bridgehead atoms. The maximum atomic E-state index is 13.6. The fourth-order valence-corrected chi connectivity index (χ4v) is 4.60. The molecule has 11 heteroatoms. The first-order valence-electron chi connectivity index (χ1n) is 13.5. The molecule has 11 nitrogen and oxygen atoms in total. The number of aliphatic carboxylic acids is 1. The molecule has 0 radical (unpaired) electrons. The first-order valence-corrected chi connectivity index (χ1v) is 13.5. The number of fused-ring (bicyclic) bond motifs is 1. The third kappa shape index (κ3) is 7.41. The van der Waals surface area contributed by atoms with Crippen molar-refractivity contribution in [2.75, 3.05) is 32.1 Å². The van der Waals surface area contributed by atoms with Gasteiger partial charge < -0.3 is 30.1 Å². The number of ether oxygens (including phenoxy) is 2. The molecular formula is C30H38N4O7. The van der Waals surface area contributed by atoms with Crippen LogP contribution in [0.3, 0.4) is 0 Å². The lowest BCUT2D eigenvalue weighted by Crippen LogP contribution is -2.30. The molecule has 0 atom stereocenters. The van der Waals surface area contributed by atoms with Gasteiger partial charge in [0.15, 0.2) is 5.78 Å². The summed E-state index contributed by atoms with van der Waals surface area (Å²) in [6.07, 6.45) is 0.223. The number of nitrogens with one attached hydrogen (secondary N) is 3. The van der Waals surface area contributed by atoms with E-state index in [0.717, 1.165) is 5.56 Å². The van der Waals surface area contributed by atoms with Gasteiger partial charge in [-0.15, -0.1) is 0 Å². The van der Waals surface area contributed by atoms with Crippen LogP contribution < -0.4 is 20.1 Å². The molecular weight excluding hydrogens is 528 g/mol. The second kappa shape index (κ2) is 12.8. The number of carboxylic acid groups (broad SMARTS) is 1. The van der Waals surface area contributed by atoms with Crippen LogP contribution in [0.4, 0.5) is 5.69 Å². The largest absolute Gasteiger partial charge is 0.493 e. The number of carbonyl (C=O) groups is 4. The molecule has 0 unspecified atom stereocenters. The molecule has 1 heterocycles. The summed E-state index contributed by atoms with van der Waals surface area (Å²) in [5, 5.41) is 23.0. The minimum atomic E-state index is -0.929. The average molecular weight is 567 g/mol. The zero-order valence-corrected chi connectivity index (χ0v) is 24.4. The van der Waals surface area contributed by atoms with E-state index in [0.29, 0.717) is 52.6 Å². The lowest BCUT2D eigenvalue weighted by molar-refractivity contribution is -0.137. The van der Waals surface area contributed by atoms with Gasteiger partial charge in [0.1, 0.15) is 17.3 Å². The molecule has 3 rings (SSSR count). The van der Waals surface area contributed by atoms with Crippen molar-refractivity contribution in [2.45, 2.75) is 59.4 Å². The van der Waals surface area contributed by atoms with Gasteiger partial charge in [-0.25, -0.2) is 0 Å². The third-order valence-corrected chi connectivity index (χ3v) is 6.55. The van der Waals surface area contributed by atoms with Gasteiger partial charge in [-0.3, -0.25) is 24.6 Å². The Morgan fingerprint density at radius 2 is 1.80 bits per heavy atom. The SMILES string of the molecule is CCOc1cc2c(cc1C(=O)NC)C(=N)N(CC(=O)c1cc(NC(C)=O)c(OCCCC(=O)O)c(C(C)(C)C)c1)C2. The highest BCUT2D eigenvalue weighted by atomic mass is 16.5. The number of carboxylic acids is 1. The summed E-state index contributed by atoms with van der Waals surface area (Å²) in [5.74, 6) is -0.947.